The zero-order valence-electron chi connectivity index (χ0n) is 21.3. The monoisotopic (exact) mass is 539 g/mol. The van der Waals surface area contributed by atoms with E-state index in [2.05, 4.69) is 27.0 Å². The summed E-state index contributed by atoms with van der Waals surface area (Å²) < 4.78 is 67.0. The van der Waals surface area contributed by atoms with Gasteiger partial charge in [-0.25, -0.2) is 8.78 Å². The first-order valence-corrected chi connectivity index (χ1v) is 12.2. The average Bonchev–Trinajstić information content (AvgIpc) is 3.67. The number of halogens is 4. The van der Waals surface area contributed by atoms with E-state index in [1.54, 1.807) is 25.4 Å². The molecule has 0 spiro atoms. The highest BCUT2D eigenvalue weighted by Crippen LogP contribution is 2.37. The molecule has 8 nitrogen and oxygen atoms in total. The summed E-state index contributed by atoms with van der Waals surface area (Å²) in [6, 6.07) is 9.56. The number of fused-ring (bicyclic) bond motifs is 2. The molecule has 3 aromatic heterocycles. The maximum absolute atomic E-state index is 15.5. The second kappa shape index (κ2) is 10.4. The summed E-state index contributed by atoms with van der Waals surface area (Å²) in [5, 5.41) is 15.9. The second-order valence-corrected chi connectivity index (χ2v) is 8.97. The van der Waals surface area contributed by atoms with Crippen molar-refractivity contribution in [2.45, 2.75) is 19.3 Å². The maximum Gasteiger partial charge on any atom is 0.336 e. The third-order valence-corrected chi connectivity index (χ3v) is 6.36. The molecule has 0 bridgehead atoms. The first-order valence-electron chi connectivity index (χ1n) is 12.2. The molecule has 5 aromatic rings. The van der Waals surface area contributed by atoms with Crippen LogP contribution in [0.25, 0.3) is 27.8 Å². The first-order chi connectivity index (χ1) is 18.7. The molecule has 12 heteroatoms. The van der Waals surface area contributed by atoms with E-state index < -0.39 is 28.9 Å². The van der Waals surface area contributed by atoms with Crippen LogP contribution in [-0.4, -0.2) is 54.4 Å². The summed E-state index contributed by atoms with van der Waals surface area (Å²) in [6.45, 7) is 8.00. The molecule has 0 radical (unpaired) electrons. The summed E-state index contributed by atoms with van der Waals surface area (Å²) in [6.07, 6.45) is 3.83. The Morgan fingerprint density at radius 2 is 1.87 bits per heavy atom. The third-order valence-electron chi connectivity index (χ3n) is 6.36. The van der Waals surface area contributed by atoms with Crippen LogP contribution in [0, 0.1) is 11.6 Å². The van der Waals surface area contributed by atoms with Crippen molar-refractivity contribution in [2.24, 2.45) is 7.05 Å². The van der Waals surface area contributed by atoms with Crippen molar-refractivity contribution in [2.75, 3.05) is 19.9 Å². The van der Waals surface area contributed by atoms with Crippen molar-refractivity contribution in [3.05, 3.63) is 90.0 Å². The summed E-state index contributed by atoms with van der Waals surface area (Å²) in [5.74, 6) is -6.21. The summed E-state index contributed by atoms with van der Waals surface area (Å²) in [7, 11) is 1.61. The fourth-order valence-corrected chi connectivity index (χ4v) is 4.23. The molecular weight excluding hydrogens is 514 g/mol. The SMILES string of the molecule is C=CN1CCOC1.CCc1ccc(-c2ccc3nnc(C(F)(F)c4cc5cn(C)nc5cc4F)n3n2)cc1F. The van der Waals surface area contributed by atoms with E-state index >= 15 is 8.78 Å². The Labute approximate surface area is 221 Å². The van der Waals surface area contributed by atoms with E-state index in [0.717, 1.165) is 36.5 Å². The zero-order chi connectivity index (χ0) is 27.7. The Kier molecular flexibility index (Phi) is 7.04. The molecule has 1 aliphatic heterocycles. The first kappa shape index (κ1) is 26.3. The van der Waals surface area contributed by atoms with E-state index in [-0.39, 0.29) is 16.9 Å². The molecule has 0 saturated carbocycles. The van der Waals surface area contributed by atoms with Gasteiger partial charge in [0, 0.05) is 36.8 Å². The molecule has 6 rings (SSSR count). The molecule has 1 aliphatic rings. The highest BCUT2D eigenvalue weighted by atomic mass is 19.3. The Bertz CT molecular complexity index is 1660. The van der Waals surface area contributed by atoms with E-state index in [1.807, 2.05) is 11.8 Å². The number of hydrogen-bond donors (Lipinski definition) is 0. The summed E-state index contributed by atoms with van der Waals surface area (Å²) in [4.78, 5) is 2.03. The molecule has 202 valence electrons. The van der Waals surface area contributed by atoms with Gasteiger partial charge < -0.3 is 9.64 Å². The lowest BCUT2D eigenvalue weighted by molar-refractivity contribution is 0.0270. The lowest BCUT2D eigenvalue weighted by Gasteiger charge is -2.15. The van der Waals surface area contributed by atoms with Gasteiger partial charge in [0.25, 0.3) is 0 Å². The summed E-state index contributed by atoms with van der Waals surface area (Å²) in [5.41, 5.74) is 0.641. The van der Waals surface area contributed by atoms with Gasteiger partial charge in [-0.05, 0) is 42.4 Å². The topological polar surface area (TPSA) is 73.4 Å². The van der Waals surface area contributed by atoms with Gasteiger partial charge >= 0.3 is 5.92 Å². The number of nitrogens with zero attached hydrogens (tertiary/aromatic N) is 7. The van der Waals surface area contributed by atoms with Gasteiger partial charge in [0.05, 0.1) is 23.4 Å². The van der Waals surface area contributed by atoms with Crippen LogP contribution >= 0.6 is 0 Å². The highest BCUT2D eigenvalue weighted by Gasteiger charge is 2.42. The molecule has 1 saturated heterocycles. The van der Waals surface area contributed by atoms with Crippen LogP contribution in [0.15, 0.2) is 61.4 Å². The van der Waals surface area contributed by atoms with Gasteiger partial charge in [-0.3, -0.25) is 4.68 Å². The average molecular weight is 540 g/mol. The Hall–Kier alpha value is -4.32. The third kappa shape index (κ3) is 5.07. The van der Waals surface area contributed by atoms with Crippen LogP contribution in [0.1, 0.15) is 23.9 Å². The number of benzene rings is 2. The molecule has 0 unspecified atom stereocenters. The van der Waals surface area contributed by atoms with Crippen molar-refractivity contribution in [1.29, 1.82) is 0 Å². The van der Waals surface area contributed by atoms with Crippen molar-refractivity contribution in [3.63, 3.8) is 0 Å². The quantitative estimate of drug-likeness (QED) is 0.290. The van der Waals surface area contributed by atoms with Gasteiger partial charge in [0.1, 0.15) is 18.4 Å². The van der Waals surface area contributed by atoms with Crippen LogP contribution in [-0.2, 0) is 24.1 Å². The Balaban J connectivity index is 0.000000384. The molecular formula is C27H25F4N7O. The van der Waals surface area contributed by atoms with Crippen molar-refractivity contribution < 1.29 is 22.3 Å². The molecule has 0 atom stereocenters. The van der Waals surface area contributed by atoms with Gasteiger partial charge in [-0.1, -0.05) is 25.6 Å². The fourth-order valence-electron chi connectivity index (χ4n) is 4.23. The molecule has 0 aliphatic carbocycles. The summed E-state index contributed by atoms with van der Waals surface area (Å²) >= 11 is 0. The fraction of sp³-hybridized carbons (Fsp3) is 0.259. The van der Waals surface area contributed by atoms with Crippen molar-refractivity contribution in [1.82, 2.24) is 34.5 Å². The molecule has 1 fully saturated rings. The van der Waals surface area contributed by atoms with E-state index in [4.69, 9.17) is 4.74 Å². The van der Waals surface area contributed by atoms with Crippen LogP contribution in [0.4, 0.5) is 17.6 Å². The van der Waals surface area contributed by atoms with Crippen molar-refractivity contribution in [3.8, 4) is 11.3 Å². The number of hydrogen-bond acceptors (Lipinski definition) is 6. The Morgan fingerprint density at radius 1 is 1.05 bits per heavy atom. The number of ether oxygens (including phenoxy) is 1. The van der Waals surface area contributed by atoms with Crippen LogP contribution in [0.5, 0.6) is 0 Å². The van der Waals surface area contributed by atoms with Crippen LogP contribution in [0.2, 0.25) is 0 Å². The van der Waals surface area contributed by atoms with Gasteiger partial charge in [-0.15, -0.1) is 10.2 Å². The second-order valence-electron chi connectivity index (χ2n) is 8.97. The number of rotatable bonds is 5. The van der Waals surface area contributed by atoms with Gasteiger partial charge in [-0.2, -0.15) is 23.5 Å². The largest absolute Gasteiger partial charge is 0.359 e. The molecule has 0 amide bonds. The lowest BCUT2D eigenvalue weighted by atomic mass is 10.0. The predicted octanol–water partition coefficient (Wildman–Crippen LogP) is 5.08. The minimum atomic E-state index is -3.84. The molecule has 4 heterocycles. The van der Waals surface area contributed by atoms with Crippen molar-refractivity contribution >= 4 is 16.6 Å². The van der Waals surface area contributed by atoms with E-state index in [0.29, 0.717) is 22.9 Å². The smallest absolute Gasteiger partial charge is 0.336 e. The zero-order valence-corrected chi connectivity index (χ0v) is 21.3. The standard InChI is InChI=1S/C22H16F4N6.C5H9NO/c1-3-12-4-5-13(9-16(12)23)18-6-7-20-27-28-21(32(20)30-18)22(25,26)15-8-14-11-31(2)29-19(14)10-17(15)24;1-2-6-3-4-7-5-6/h4-11H,3H2,1-2H3;2H,1,3-5H2. The molecule has 2 aromatic carbocycles. The maximum atomic E-state index is 15.5. The van der Waals surface area contributed by atoms with Crippen LogP contribution < -0.4 is 0 Å². The van der Waals surface area contributed by atoms with Crippen LogP contribution in [0.3, 0.4) is 0 Å². The Morgan fingerprint density at radius 3 is 2.54 bits per heavy atom. The van der Waals surface area contributed by atoms with E-state index in [9.17, 15) is 8.78 Å². The lowest BCUT2D eigenvalue weighted by Crippen LogP contribution is -2.22. The highest BCUT2D eigenvalue weighted by molar-refractivity contribution is 5.79. The molecule has 39 heavy (non-hydrogen) atoms. The van der Waals surface area contributed by atoms with Gasteiger partial charge in [0.2, 0.25) is 5.82 Å². The normalized spacial score (nSPS) is 13.6. The van der Waals surface area contributed by atoms with Gasteiger partial charge in [0.15, 0.2) is 5.65 Å². The number of alkyl halides is 2. The minimum absolute atomic E-state index is 0.0527. The minimum Gasteiger partial charge on any atom is -0.359 e. The predicted molar refractivity (Wildman–Crippen MR) is 137 cm³/mol. The number of aromatic nitrogens is 6. The molecule has 0 N–H and O–H groups in total. The van der Waals surface area contributed by atoms with E-state index in [1.165, 1.54) is 29.1 Å². The number of aryl methyl sites for hydroxylation is 2.